The van der Waals surface area contributed by atoms with Crippen molar-refractivity contribution in [2.45, 2.75) is 68.0 Å². The van der Waals surface area contributed by atoms with E-state index in [1.165, 1.54) is 6.20 Å². The molecule has 0 amide bonds. The Labute approximate surface area is 199 Å². The molecule has 34 heavy (non-hydrogen) atoms. The zero-order valence-corrected chi connectivity index (χ0v) is 20.2. The van der Waals surface area contributed by atoms with Crippen molar-refractivity contribution < 1.29 is 17.2 Å². The van der Waals surface area contributed by atoms with E-state index in [0.717, 1.165) is 62.2 Å². The predicted octanol–water partition coefficient (Wildman–Crippen LogP) is 2.95. The number of hydrogen-bond donors (Lipinski definition) is 2. The van der Waals surface area contributed by atoms with E-state index in [-0.39, 0.29) is 15.9 Å². The van der Waals surface area contributed by atoms with Gasteiger partial charge in [-0.2, -0.15) is 0 Å². The summed E-state index contributed by atoms with van der Waals surface area (Å²) < 4.78 is 57.4. The van der Waals surface area contributed by atoms with Crippen molar-refractivity contribution >= 4 is 32.6 Å². The standard InChI is InChI=1S/C21H25F2N7O2S2/c1-21(5-6-21)28-34(31,32)12-9-15(29-8-7-24-13-3-2-4-14(13)29)16-10-25-18(30(16)11-12)20-27-26-19(33-20)17(22)23/h9-11,13-14,17,24,28H,2-8H2,1H3/t13-,14+/m0/s1. The second kappa shape index (κ2) is 7.90. The number of piperazine rings is 1. The first kappa shape index (κ1) is 22.3. The topological polar surface area (TPSA) is 105 Å². The molecule has 2 aliphatic carbocycles. The van der Waals surface area contributed by atoms with Crippen LogP contribution in [-0.4, -0.2) is 58.7 Å². The number of halogens is 2. The van der Waals surface area contributed by atoms with Crippen LogP contribution in [0.15, 0.2) is 23.4 Å². The van der Waals surface area contributed by atoms with Gasteiger partial charge in [-0.3, -0.25) is 4.40 Å². The fourth-order valence-corrected chi connectivity index (χ4v) is 7.24. The minimum Gasteiger partial charge on any atom is -0.364 e. The van der Waals surface area contributed by atoms with Crippen LogP contribution in [0.3, 0.4) is 0 Å². The quantitative estimate of drug-likeness (QED) is 0.527. The normalized spacial score (nSPS) is 24.2. The average Bonchev–Trinajstić information content (AvgIpc) is 3.26. The lowest BCUT2D eigenvalue weighted by molar-refractivity contribution is 0.150. The van der Waals surface area contributed by atoms with Gasteiger partial charge in [0, 0.05) is 36.9 Å². The Bertz CT molecular complexity index is 1350. The van der Waals surface area contributed by atoms with Gasteiger partial charge in [0.25, 0.3) is 6.43 Å². The van der Waals surface area contributed by atoms with Gasteiger partial charge in [0.2, 0.25) is 10.0 Å². The van der Waals surface area contributed by atoms with Crippen LogP contribution in [0.1, 0.15) is 50.5 Å². The van der Waals surface area contributed by atoms with Gasteiger partial charge in [-0.05, 0) is 45.1 Å². The molecule has 6 rings (SSSR count). The van der Waals surface area contributed by atoms with E-state index in [4.69, 9.17) is 0 Å². The third-order valence-corrected chi connectivity index (χ3v) is 9.58. The number of nitrogens with zero attached hydrogens (tertiary/aromatic N) is 5. The number of aromatic nitrogens is 4. The third kappa shape index (κ3) is 3.78. The highest BCUT2D eigenvalue weighted by Gasteiger charge is 2.42. The van der Waals surface area contributed by atoms with Crippen LogP contribution in [-0.2, 0) is 10.0 Å². The molecule has 3 aromatic heterocycles. The Morgan fingerprint density at radius 1 is 1.29 bits per heavy atom. The number of alkyl halides is 2. The van der Waals surface area contributed by atoms with Gasteiger partial charge >= 0.3 is 0 Å². The van der Waals surface area contributed by atoms with Gasteiger partial charge in [-0.25, -0.2) is 26.9 Å². The van der Waals surface area contributed by atoms with Crippen molar-refractivity contribution in [2.24, 2.45) is 0 Å². The lowest BCUT2D eigenvalue weighted by atomic mass is 10.1. The fourth-order valence-electron chi connectivity index (χ4n) is 5.06. The Kier molecular flexibility index (Phi) is 5.17. The van der Waals surface area contributed by atoms with Crippen LogP contribution < -0.4 is 14.9 Å². The molecule has 3 aromatic rings. The molecule has 3 aliphatic rings. The van der Waals surface area contributed by atoms with Gasteiger partial charge in [0.05, 0.1) is 17.4 Å². The predicted molar refractivity (Wildman–Crippen MR) is 124 cm³/mol. The first-order valence-electron chi connectivity index (χ1n) is 11.4. The summed E-state index contributed by atoms with van der Waals surface area (Å²) >= 11 is 0.760. The molecule has 0 bridgehead atoms. The van der Waals surface area contributed by atoms with E-state index in [2.05, 4.69) is 30.1 Å². The van der Waals surface area contributed by atoms with E-state index in [0.29, 0.717) is 17.4 Å². The smallest absolute Gasteiger partial charge is 0.291 e. The van der Waals surface area contributed by atoms with Crippen molar-refractivity contribution in [2.75, 3.05) is 18.0 Å². The Morgan fingerprint density at radius 3 is 2.85 bits per heavy atom. The van der Waals surface area contributed by atoms with E-state index in [1.54, 1.807) is 16.7 Å². The molecule has 2 N–H and O–H groups in total. The summed E-state index contributed by atoms with van der Waals surface area (Å²) in [7, 11) is -3.81. The average molecular weight is 510 g/mol. The first-order valence-corrected chi connectivity index (χ1v) is 13.7. The summed E-state index contributed by atoms with van der Waals surface area (Å²) in [5.74, 6) is 0.299. The van der Waals surface area contributed by atoms with Crippen LogP contribution in [0.4, 0.5) is 14.5 Å². The van der Waals surface area contributed by atoms with Crippen molar-refractivity contribution in [3.05, 3.63) is 23.5 Å². The molecule has 182 valence electrons. The number of nitrogens with one attached hydrogen (secondary N) is 2. The van der Waals surface area contributed by atoms with Crippen LogP contribution in [0.5, 0.6) is 0 Å². The molecule has 0 radical (unpaired) electrons. The van der Waals surface area contributed by atoms with Gasteiger partial charge in [0.15, 0.2) is 15.8 Å². The van der Waals surface area contributed by atoms with Crippen LogP contribution >= 0.6 is 11.3 Å². The van der Waals surface area contributed by atoms with Crippen molar-refractivity contribution in [3.63, 3.8) is 0 Å². The third-order valence-electron chi connectivity index (χ3n) is 7.05. The molecule has 9 nitrogen and oxygen atoms in total. The van der Waals surface area contributed by atoms with E-state index in [9.17, 15) is 17.2 Å². The van der Waals surface area contributed by atoms with Crippen LogP contribution in [0.2, 0.25) is 0 Å². The Balaban J connectivity index is 1.51. The highest BCUT2D eigenvalue weighted by molar-refractivity contribution is 7.89. The number of hydrogen-bond acceptors (Lipinski definition) is 8. The van der Waals surface area contributed by atoms with E-state index < -0.39 is 27.0 Å². The molecule has 1 aliphatic heterocycles. The molecule has 1 saturated heterocycles. The second-order valence-corrected chi connectivity index (χ2v) is 12.3. The van der Waals surface area contributed by atoms with Gasteiger partial charge in [0.1, 0.15) is 4.90 Å². The lowest BCUT2D eigenvalue weighted by Gasteiger charge is -2.40. The number of sulfonamides is 1. The summed E-state index contributed by atoms with van der Waals surface area (Å²) in [6.45, 7) is 3.43. The maximum absolute atomic E-state index is 13.4. The monoisotopic (exact) mass is 509 g/mol. The summed E-state index contributed by atoms with van der Waals surface area (Å²) in [6, 6.07) is 2.34. The summed E-state index contributed by atoms with van der Waals surface area (Å²) in [4.78, 5) is 6.85. The molecular formula is C21H25F2N7O2S2. The van der Waals surface area contributed by atoms with E-state index >= 15 is 0 Å². The van der Waals surface area contributed by atoms with Gasteiger partial charge < -0.3 is 10.2 Å². The molecule has 2 atom stereocenters. The molecular weight excluding hydrogens is 484 g/mol. The Morgan fingerprint density at radius 2 is 2.12 bits per heavy atom. The highest BCUT2D eigenvalue weighted by Crippen LogP contribution is 2.39. The SMILES string of the molecule is CC1(NS(=O)(=O)c2cc(N3CCN[C@H]4CCC[C@H]43)c3cnc(-c4nnc(C(F)F)s4)n3c2)CC1. The van der Waals surface area contributed by atoms with Crippen LogP contribution in [0, 0.1) is 0 Å². The zero-order chi connectivity index (χ0) is 23.7. The first-order chi connectivity index (χ1) is 16.2. The molecule has 13 heteroatoms. The zero-order valence-electron chi connectivity index (χ0n) is 18.5. The lowest BCUT2D eigenvalue weighted by Crippen LogP contribution is -2.55. The summed E-state index contributed by atoms with van der Waals surface area (Å²) in [6.07, 6.45) is 5.24. The summed E-state index contributed by atoms with van der Waals surface area (Å²) in [5.41, 5.74) is 1.07. The maximum Gasteiger partial charge on any atom is 0.291 e. The second-order valence-electron chi connectivity index (χ2n) is 9.56. The number of anilines is 1. The van der Waals surface area contributed by atoms with Crippen molar-refractivity contribution in [1.82, 2.24) is 29.6 Å². The molecule has 0 aromatic carbocycles. The van der Waals surface area contributed by atoms with Crippen molar-refractivity contribution in [3.8, 4) is 10.8 Å². The van der Waals surface area contributed by atoms with E-state index in [1.807, 2.05) is 6.92 Å². The number of rotatable bonds is 6. The largest absolute Gasteiger partial charge is 0.364 e. The highest BCUT2D eigenvalue weighted by atomic mass is 32.2. The number of fused-ring (bicyclic) bond motifs is 2. The molecule has 3 fully saturated rings. The molecule has 0 spiro atoms. The van der Waals surface area contributed by atoms with Gasteiger partial charge in [-0.15, -0.1) is 10.2 Å². The minimum absolute atomic E-state index is 0.119. The molecule has 4 heterocycles. The molecule has 2 saturated carbocycles. The number of imidazole rings is 1. The fraction of sp³-hybridized carbons (Fsp3) is 0.571. The maximum atomic E-state index is 13.4. The Hall–Kier alpha value is -2.22. The number of pyridine rings is 1. The minimum atomic E-state index is -3.81. The summed E-state index contributed by atoms with van der Waals surface area (Å²) in [5, 5.41) is 10.9. The van der Waals surface area contributed by atoms with Crippen LogP contribution in [0.25, 0.3) is 16.3 Å². The molecule has 0 unspecified atom stereocenters. The van der Waals surface area contributed by atoms with Gasteiger partial charge in [-0.1, -0.05) is 11.3 Å². The van der Waals surface area contributed by atoms with Crippen molar-refractivity contribution in [1.29, 1.82) is 0 Å².